The molecule has 1 unspecified atom stereocenters. The summed E-state index contributed by atoms with van der Waals surface area (Å²) in [6.45, 7) is 2.36. The molecule has 1 aromatic carbocycles. The highest BCUT2D eigenvalue weighted by Crippen LogP contribution is 2.29. The molecule has 1 atom stereocenters. The summed E-state index contributed by atoms with van der Waals surface area (Å²) in [5.74, 6) is 1.41. The Morgan fingerprint density at radius 1 is 1.37 bits per heavy atom. The quantitative estimate of drug-likeness (QED) is 0.872. The third-order valence-corrected chi connectivity index (χ3v) is 3.60. The van der Waals surface area contributed by atoms with E-state index in [9.17, 15) is 4.79 Å². The van der Waals surface area contributed by atoms with Crippen LogP contribution >= 0.6 is 12.4 Å². The molecule has 1 amide bonds. The van der Waals surface area contributed by atoms with Gasteiger partial charge < -0.3 is 15.4 Å². The highest BCUT2D eigenvalue weighted by atomic mass is 35.5. The SMILES string of the molecule is Cl.O=C1COc2ccc(CC3CCCNC3)cc2N1. The highest BCUT2D eigenvalue weighted by molar-refractivity contribution is 5.95. The van der Waals surface area contributed by atoms with Crippen LogP contribution in [0.15, 0.2) is 18.2 Å². The molecule has 0 spiro atoms. The number of rotatable bonds is 2. The zero-order valence-electron chi connectivity index (χ0n) is 10.8. The van der Waals surface area contributed by atoms with Crippen molar-refractivity contribution in [3.63, 3.8) is 0 Å². The van der Waals surface area contributed by atoms with Gasteiger partial charge in [-0.1, -0.05) is 6.07 Å². The molecule has 1 fully saturated rings. The van der Waals surface area contributed by atoms with Gasteiger partial charge in [0.15, 0.2) is 6.61 Å². The Kier molecular flexibility index (Phi) is 4.66. The molecule has 0 saturated carbocycles. The molecule has 4 nitrogen and oxygen atoms in total. The van der Waals surface area contributed by atoms with E-state index in [0.29, 0.717) is 5.92 Å². The van der Waals surface area contributed by atoms with E-state index in [2.05, 4.69) is 16.7 Å². The Morgan fingerprint density at radius 2 is 2.26 bits per heavy atom. The van der Waals surface area contributed by atoms with Crippen LogP contribution in [-0.2, 0) is 11.2 Å². The Balaban J connectivity index is 0.00000133. The maximum absolute atomic E-state index is 11.3. The largest absolute Gasteiger partial charge is 0.482 e. The predicted octanol–water partition coefficient (Wildman–Crippen LogP) is 1.98. The molecule has 0 aliphatic carbocycles. The molecule has 2 N–H and O–H groups in total. The van der Waals surface area contributed by atoms with Crippen molar-refractivity contribution in [2.24, 2.45) is 5.92 Å². The second-order valence-corrected chi connectivity index (χ2v) is 5.08. The predicted molar refractivity (Wildman–Crippen MR) is 77.1 cm³/mol. The van der Waals surface area contributed by atoms with Gasteiger partial charge in [-0.15, -0.1) is 12.4 Å². The number of halogens is 1. The van der Waals surface area contributed by atoms with E-state index in [-0.39, 0.29) is 24.9 Å². The van der Waals surface area contributed by atoms with Crippen LogP contribution < -0.4 is 15.4 Å². The van der Waals surface area contributed by atoms with E-state index >= 15 is 0 Å². The zero-order chi connectivity index (χ0) is 12.4. The molecule has 1 saturated heterocycles. The molecule has 2 aliphatic rings. The van der Waals surface area contributed by atoms with Gasteiger partial charge in [-0.2, -0.15) is 0 Å². The molecule has 0 aromatic heterocycles. The van der Waals surface area contributed by atoms with Gasteiger partial charge in [0.05, 0.1) is 5.69 Å². The monoisotopic (exact) mass is 282 g/mol. The first-order valence-electron chi connectivity index (χ1n) is 6.57. The Labute approximate surface area is 119 Å². The molecule has 5 heteroatoms. The molecular weight excluding hydrogens is 264 g/mol. The van der Waals surface area contributed by atoms with Crippen LogP contribution in [-0.4, -0.2) is 25.6 Å². The fourth-order valence-electron chi connectivity index (χ4n) is 2.69. The van der Waals surface area contributed by atoms with Crippen molar-refractivity contribution in [2.75, 3.05) is 25.0 Å². The van der Waals surface area contributed by atoms with Crippen LogP contribution in [0.4, 0.5) is 5.69 Å². The van der Waals surface area contributed by atoms with Crippen molar-refractivity contribution in [3.05, 3.63) is 23.8 Å². The molecular formula is C14H19ClN2O2. The highest BCUT2D eigenvalue weighted by Gasteiger charge is 2.18. The molecule has 0 radical (unpaired) electrons. The van der Waals surface area contributed by atoms with E-state index in [1.165, 1.54) is 18.4 Å². The van der Waals surface area contributed by atoms with Gasteiger partial charge >= 0.3 is 0 Å². The first-order chi connectivity index (χ1) is 8.81. The maximum Gasteiger partial charge on any atom is 0.262 e. The van der Waals surface area contributed by atoms with Gasteiger partial charge in [0.2, 0.25) is 0 Å². The first-order valence-corrected chi connectivity index (χ1v) is 6.57. The molecule has 3 rings (SSSR count). The van der Waals surface area contributed by atoms with Gasteiger partial charge in [0, 0.05) is 0 Å². The number of carbonyl (C=O) groups excluding carboxylic acids is 1. The van der Waals surface area contributed by atoms with Gasteiger partial charge in [0.25, 0.3) is 5.91 Å². The normalized spacial score (nSPS) is 21.7. The molecule has 2 aliphatic heterocycles. The van der Waals surface area contributed by atoms with E-state index in [1.54, 1.807) is 0 Å². The lowest BCUT2D eigenvalue weighted by Crippen LogP contribution is -2.31. The lowest BCUT2D eigenvalue weighted by Gasteiger charge is -2.24. The number of hydrogen-bond acceptors (Lipinski definition) is 3. The lowest BCUT2D eigenvalue weighted by atomic mass is 9.92. The number of hydrogen-bond donors (Lipinski definition) is 2. The summed E-state index contributed by atoms with van der Waals surface area (Å²) in [6.07, 6.45) is 3.61. The standard InChI is InChI=1S/C14H18N2O2.ClH/c17-14-9-18-13-4-3-10(7-12(13)16-14)6-11-2-1-5-15-8-11;/h3-4,7,11,15H,1-2,5-6,8-9H2,(H,16,17);1H. The molecule has 104 valence electrons. The number of amides is 1. The van der Waals surface area contributed by atoms with Crippen LogP contribution in [0.25, 0.3) is 0 Å². The smallest absolute Gasteiger partial charge is 0.262 e. The summed E-state index contributed by atoms with van der Waals surface area (Å²) in [7, 11) is 0. The third kappa shape index (κ3) is 3.39. The Hall–Kier alpha value is -1.26. The summed E-state index contributed by atoms with van der Waals surface area (Å²) >= 11 is 0. The Bertz CT molecular complexity index is 459. The zero-order valence-corrected chi connectivity index (χ0v) is 11.6. The topological polar surface area (TPSA) is 50.4 Å². The van der Waals surface area contributed by atoms with Gasteiger partial charge in [-0.25, -0.2) is 0 Å². The van der Waals surface area contributed by atoms with Crippen molar-refractivity contribution in [1.29, 1.82) is 0 Å². The van der Waals surface area contributed by atoms with Crippen molar-refractivity contribution in [3.8, 4) is 5.75 Å². The van der Waals surface area contributed by atoms with E-state index < -0.39 is 0 Å². The van der Waals surface area contributed by atoms with Gasteiger partial charge in [-0.05, 0) is 56.0 Å². The fraction of sp³-hybridized carbons (Fsp3) is 0.500. The van der Waals surface area contributed by atoms with Gasteiger partial charge in [-0.3, -0.25) is 4.79 Å². The van der Waals surface area contributed by atoms with E-state index in [0.717, 1.165) is 30.9 Å². The van der Waals surface area contributed by atoms with Crippen molar-refractivity contribution < 1.29 is 9.53 Å². The Morgan fingerprint density at radius 3 is 3.05 bits per heavy atom. The second kappa shape index (κ2) is 6.26. The van der Waals surface area contributed by atoms with Crippen LogP contribution in [0.5, 0.6) is 5.75 Å². The number of fused-ring (bicyclic) bond motifs is 1. The van der Waals surface area contributed by atoms with E-state index in [1.807, 2.05) is 12.1 Å². The first kappa shape index (κ1) is 14.2. The second-order valence-electron chi connectivity index (χ2n) is 5.08. The maximum atomic E-state index is 11.3. The number of benzene rings is 1. The summed E-state index contributed by atoms with van der Waals surface area (Å²) in [6, 6.07) is 6.10. The van der Waals surface area contributed by atoms with Crippen LogP contribution in [0.1, 0.15) is 18.4 Å². The van der Waals surface area contributed by atoms with Crippen molar-refractivity contribution >= 4 is 24.0 Å². The van der Waals surface area contributed by atoms with Crippen molar-refractivity contribution in [1.82, 2.24) is 5.32 Å². The van der Waals surface area contributed by atoms with Gasteiger partial charge in [0.1, 0.15) is 5.75 Å². The average Bonchev–Trinajstić information content (AvgIpc) is 2.39. The molecule has 1 aromatic rings. The number of nitrogens with one attached hydrogen (secondary N) is 2. The fourth-order valence-corrected chi connectivity index (χ4v) is 2.69. The van der Waals surface area contributed by atoms with Crippen LogP contribution in [0, 0.1) is 5.92 Å². The molecule has 0 bridgehead atoms. The van der Waals surface area contributed by atoms with E-state index in [4.69, 9.17) is 4.74 Å². The number of anilines is 1. The number of carbonyl (C=O) groups is 1. The number of piperidine rings is 1. The lowest BCUT2D eigenvalue weighted by molar-refractivity contribution is -0.118. The average molecular weight is 283 g/mol. The summed E-state index contributed by atoms with van der Waals surface area (Å²) in [4.78, 5) is 11.3. The van der Waals surface area contributed by atoms with Crippen molar-refractivity contribution in [2.45, 2.75) is 19.3 Å². The summed E-state index contributed by atoms with van der Waals surface area (Å²) in [5, 5.41) is 6.29. The van der Waals surface area contributed by atoms with Crippen LogP contribution in [0.2, 0.25) is 0 Å². The summed E-state index contributed by atoms with van der Waals surface area (Å²) in [5.41, 5.74) is 2.08. The number of ether oxygens (including phenoxy) is 1. The third-order valence-electron chi connectivity index (χ3n) is 3.60. The molecule has 2 heterocycles. The summed E-state index contributed by atoms with van der Waals surface area (Å²) < 4.78 is 5.36. The minimum absolute atomic E-state index is 0. The molecule has 19 heavy (non-hydrogen) atoms. The van der Waals surface area contributed by atoms with Crippen LogP contribution in [0.3, 0.4) is 0 Å². The minimum Gasteiger partial charge on any atom is -0.482 e. The minimum atomic E-state index is -0.0704.